The third kappa shape index (κ3) is 2.54. The van der Waals surface area contributed by atoms with E-state index in [4.69, 9.17) is 4.52 Å². The molecular formula is C12H17N3O2. The van der Waals surface area contributed by atoms with Crippen molar-refractivity contribution in [3.8, 4) is 0 Å². The molecule has 5 heteroatoms. The van der Waals surface area contributed by atoms with Gasteiger partial charge in [-0.1, -0.05) is 5.16 Å². The summed E-state index contributed by atoms with van der Waals surface area (Å²) < 4.78 is 5.25. The van der Waals surface area contributed by atoms with Crippen LogP contribution in [0.4, 0.5) is 0 Å². The van der Waals surface area contributed by atoms with E-state index in [0.717, 1.165) is 50.5 Å². The Bertz CT molecular complexity index is 392. The first-order valence-electron chi connectivity index (χ1n) is 6.35. The highest BCUT2D eigenvalue weighted by atomic mass is 16.5. The number of aldehydes is 1. The Balaban J connectivity index is 1.53. The SMILES string of the molecule is O=CC1CCN(Cc2nc(C3CC3)no2)CC1. The Morgan fingerprint density at radius 2 is 2.06 bits per heavy atom. The van der Waals surface area contributed by atoms with Gasteiger partial charge in [-0.25, -0.2) is 0 Å². The Morgan fingerprint density at radius 1 is 1.29 bits per heavy atom. The maximum absolute atomic E-state index is 10.7. The number of likely N-dealkylation sites (tertiary alicyclic amines) is 1. The van der Waals surface area contributed by atoms with E-state index in [-0.39, 0.29) is 5.92 Å². The summed E-state index contributed by atoms with van der Waals surface area (Å²) in [6.45, 7) is 2.63. The summed E-state index contributed by atoms with van der Waals surface area (Å²) in [5, 5.41) is 4.01. The fourth-order valence-electron chi connectivity index (χ4n) is 2.28. The molecule has 0 unspecified atom stereocenters. The van der Waals surface area contributed by atoms with Crippen LogP contribution in [0.2, 0.25) is 0 Å². The van der Waals surface area contributed by atoms with Gasteiger partial charge in [-0.2, -0.15) is 4.98 Å². The van der Waals surface area contributed by atoms with E-state index >= 15 is 0 Å². The molecule has 2 aliphatic rings. The summed E-state index contributed by atoms with van der Waals surface area (Å²) in [6, 6.07) is 0. The van der Waals surface area contributed by atoms with Crippen LogP contribution in [-0.2, 0) is 11.3 Å². The maximum Gasteiger partial charge on any atom is 0.240 e. The number of hydrogen-bond acceptors (Lipinski definition) is 5. The lowest BCUT2D eigenvalue weighted by molar-refractivity contribution is -0.112. The van der Waals surface area contributed by atoms with Gasteiger partial charge in [-0.15, -0.1) is 0 Å². The molecule has 92 valence electrons. The molecule has 17 heavy (non-hydrogen) atoms. The lowest BCUT2D eigenvalue weighted by Gasteiger charge is -2.27. The van der Waals surface area contributed by atoms with Gasteiger partial charge in [0.25, 0.3) is 0 Å². The predicted octanol–water partition coefficient (Wildman–Crippen LogP) is 1.36. The molecule has 0 aromatic carbocycles. The van der Waals surface area contributed by atoms with Crippen molar-refractivity contribution in [2.45, 2.75) is 38.1 Å². The second-order valence-electron chi connectivity index (χ2n) is 5.07. The van der Waals surface area contributed by atoms with Crippen molar-refractivity contribution in [1.82, 2.24) is 15.0 Å². The van der Waals surface area contributed by atoms with Crippen LogP contribution >= 0.6 is 0 Å². The molecule has 3 rings (SSSR count). The van der Waals surface area contributed by atoms with E-state index < -0.39 is 0 Å². The number of carbonyl (C=O) groups excluding carboxylic acids is 1. The van der Waals surface area contributed by atoms with Crippen LogP contribution in [0.3, 0.4) is 0 Å². The van der Waals surface area contributed by atoms with Crippen molar-refractivity contribution < 1.29 is 9.32 Å². The van der Waals surface area contributed by atoms with Gasteiger partial charge in [0.05, 0.1) is 6.54 Å². The highest BCUT2D eigenvalue weighted by Crippen LogP contribution is 2.38. The summed E-state index contributed by atoms with van der Waals surface area (Å²) >= 11 is 0. The standard InChI is InChI=1S/C12H17N3O2/c16-8-9-3-5-15(6-4-9)7-11-13-12(14-17-11)10-1-2-10/h8-10H,1-7H2. The Labute approximate surface area is 100 Å². The molecule has 1 saturated heterocycles. The largest absolute Gasteiger partial charge is 0.338 e. The van der Waals surface area contributed by atoms with E-state index in [1.165, 1.54) is 12.8 Å². The van der Waals surface area contributed by atoms with Gasteiger partial charge in [0.2, 0.25) is 5.89 Å². The first kappa shape index (κ1) is 10.9. The number of hydrogen-bond donors (Lipinski definition) is 0. The Hall–Kier alpha value is -1.23. The molecular weight excluding hydrogens is 218 g/mol. The minimum Gasteiger partial charge on any atom is -0.338 e. The summed E-state index contributed by atoms with van der Waals surface area (Å²) in [5.74, 6) is 2.39. The van der Waals surface area contributed by atoms with Crippen molar-refractivity contribution in [3.63, 3.8) is 0 Å². The maximum atomic E-state index is 10.7. The lowest BCUT2D eigenvalue weighted by atomic mass is 9.99. The quantitative estimate of drug-likeness (QED) is 0.737. The highest BCUT2D eigenvalue weighted by molar-refractivity contribution is 5.53. The molecule has 1 aromatic heterocycles. The molecule has 1 aliphatic heterocycles. The lowest BCUT2D eigenvalue weighted by Crippen LogP contribution is -2.33. The molecule has 5 nitrogen and oxygen atoms in total. The van der Waals surface area contributed by atoms with Crippen molar-refractivity contribution >= 4 is 6.29 Å². The average molecular weight is 235 g/mol. The van der Waals surface area contributed by atoms with Crippen molar-refractivity contribution in [2.24, 2.45) is 5.92 Å². The summed E-state index contributed by atoms with van der Waals surface area (Å²) in [7, 11) is 0. The van der Waals surface area contributed by atoms with Crippen molar-refractivity contribution in [3.05, 3.63) is 11.7 Å². The summed E-state index contributed by atoms with van der Waals surface area (Å²) in [4.78, 5) is 17.3. The Kier molecular flexibility index (Phi) is 2.93. The molecule has 0 spiro atoms. The van der Waals surface area contributed by atoms with Crippen LogP contribution < -0.4 is 0 Å². The Morgan fingerprint density at radius 3 is 2.71 bits per heavy atom. The average Bonchev–Trinajstić information content (AvgIpc) is 3.12. The van der Waals surface area contributed by atoms with Crippen LogP contribution in [0.5, 0.6) is 0 Å². The van der Waals surface area contributed by atoms with Crippen LogP contribution in [-0.4, -0.2) is 34.4 Å². The predicted molar refractivity (Wildman–Crippen MR) is 60.3 cm³/mol. The van der Waals surface area contributed by atoms with Crippen LogP contribution in [0.15, 0.2) is 4.52 Å². The monoisotopic (exact) mass is 235 g/mol. The third-order valence-corrected chi connectivity index (χ3v) is 3.61. The van der Waals surface area contributed by atoms with E-state index in [9.17, 15) is 4.79 Å². The minimum atomic E-state index is 0.246. The van der Waals surface area contributed by atoms with E-state index in [2.05, 4.69) is 15.0 Å². The molecule has 0 bridgehead atoms. The van der Waals surface area contributed by atoms with Gasteiger partial charge in [0.15, 0.2) is 5.82 Å². The third-order valence-electron chi connectivity index (χ3n) is 3.61. The van der Waals surface area contributed by atoms with Crippen LogP contribution in [0.25, 0.3) is 0 Å². The van der Waals surface area contributed by atoms with Gasteiger partial charge in [-0.05, 0) is 38.8 Å². The normalized spacial score (nSPS) is 22.8. The number of aromatic nitrogens is 2. The molecule has 0 radical (unpaired) electrons. The molecule has 1 aromatic rings. The van der Waals surface area contributed by atoms with Crippen LogP contribution in [0, 0.1) is 5.92 Å². The summed E-state index contributed by atoms with van der Waals surface area (Å²) in [6.07, 6.45) is 5.38. The molecule has 2 fully saturated rings. The van der Waals surface area contributed by atoms with Gasteiger partial charge < -0.3 is 9.32 Å². The molecule has 0 atom stereocenters. The van der Waals surface area contributed by atoms with Crippen LogP contribution in [0.1, 0.15) is 43.3 Å². The topological polar surface area (TPSA) is 59.2 Å². The molecule has 1 aliphatic carbocycles. The second-order valence-corrected chi connectivity index (χ2v) is 5.07. The van der Waals surface area contributed by atoms with E-state index in [1.54, 1.807) is 0 Å². The molecule has 1 saturated carbocycles. The summed E-state index contributed by atoms with van der Waals surface area (Å²) in [5.41, 5.74) is 0. The van der Waals surface area contributed by atoms with Crippen molar-refractivity contribution in [1.29, 1.82) is 0 Å². The van der Waals surface area contributed by atoms with Gasteiger partial charge in [0.1, 0.15) is 6.29 Å². The number of piperidine rings is 1. The van der Waals surface area contributed by atoms with Gasteiger partial charge in [0, 0.05) is 11.8 Å². The minimum absolute atomic E-state index is 0.246. The number of carbonyl (C=O) groups is 1. The molecule has 0 amide bonds. The smallest absolute Gasteiger partial charge is 0.240 e. The fourth-order valence-corrected chi connectivity index (χ4v) is 2.28. The zero-order chi connectivity index (χ0) is 11.7. The number of rotatable bonds is 4. The fraction of sp³-hybridized carbons (Fsp3) is 0.750. The molecule has 2 heterocycles. The van der Waals surface area contributed by atoms with Gasteiger partial charge >= 0.3 is 0 Å². The zero-order valence-electron chi connectivity index (χ0n) is 9.84. The zero-order valence-corrected chi connectivity index (χ0v) is 9.84. The van der Waals surface area contributed by atoms with E-state index in [1.807, 2.05) is 0 Å². The first-order valence-corrected chi connectivity index (χ1v) is 6.35. The van der Waals surface area contributed by atoms with Crippen molar-refractivity contribution in [2.75, 3.05) is 13.1 Å². The highest BCUT2D eigenvalue weighted by Gasteiger charge is 2.29. The molecule has 0 N–H and O–H groups in total. The second kappa shape index (κ2) is 4.56. The van der Waals surface area contributed by atoms with E-state index in [0.29, 0.717) is 5.92 Å². The number of nitrogens with zero attached hydrogens (tertiary/aromatic N) is 3. The van der Waals surface area contributed by atoms with Gasteiger partial charge in [-0.3, -0.25) is 4.90 Å². The first-order chi connectivity index (χ1) is 8.35.